The first-order valence-corrected chi connectivity index (χ1v) is 10.4. The van der Waals surface area contributed by atoms with Gasteiger partial charge in [-0.05, 0) is 62.6 Å². The molecule has 1 atom stereocenters. The Labute approximate surface area is 183 Å². The van der Waals surface area contributed by atoms with E-state index in [1.54, 1.807) is 45.0 Å². The highest BCUT2D eigenvalue weighted by Crippen LogP contribution is 2.15. The van der Waals surface area contributed by atoms with Crippen molar-refractivity contribution in [1.82, 2.24) is 10.6 Å². The minimum absolute atomic E-state index is 0.265. The number of carbonyl (C=O) groups excluding carboxylic acids is 2. The average molecular weight is 431 g/mol. The normalized spacial score (nSPS) is 12.0. The van der Waals surface area contributed by atoms with Gasteiger partial charge < -0.3 is 20.1 Å². The van der Waals surface area contributed by atoms with Gasteiger partial charge in [0.2, 0.25) is 5.91 Å². The summed E-state index contributed by atoms with van der Waals surface area (Å²) in [6, 6.07) is 12.9. The zero-order valence-electron chi connectivity index (χ0n) is 18.5. The van der Waals surface area contributed by atoms with Gasteiger partial charge in [-0.25, -0.2) is 9.18 Å². The molecular weight excluding hydrogens is 399 g/mol. The molecule has 0 aliphatic carbocycles. The number of ether oxygens (including phenoxy) is 2. The molecule has 2 rings (SSSR count). The van der Waals surface area contributed by atoms with E-state index in [1.165, 1.54) is 12.1 Å². The number of alkyl carbamates (subject to hydrolysis) is 1. The molecule has 0 spiro atoms. The van der Waals surface area contributed by atoms with Crippen molar-refractivity contribution in [1.29, 1.82) is 0 Å². The topological polar surface area (TPSA) is 76.7 Å². The van der Waals surface area contributed by atoms with Gasteiger partial charge in [-0.2, -0.15) is 0 Å². The minimum Gasteiger partial charge on any atom is -0.489 e. The molecule has 0 aliphatic rings. The Morgan fingerprint density at radius 1 is 1.06 bits per heavy atom. The standard InChI is InChI=1S/C24H31FN2O4/c1-5-7-21(27-23(29)31-24(2,3)4)22(28)26-15-17-10-12-20(13-11-17)30-16-18-8-6-9-19(25)14-18/h6,8-14,21H,5,7,15-16H2,1-4H3,(H,26,28)(H,27,29)/t21-/m0/s1. The van der Waals surface area contributed by atoms with Crippen molar-refractivity contribution >= 4 is 12.0 Å². The molecular formula is C24H31FN2O4. The third-order valence-electron chi connectivity index (χ3n) is 4.27. The van der Waals surface area contributed by atoms with Gasteiger partial charge in [0.15, 0.2) is 0 Å². The van der Waals surface area contributed by atoms with E-state index >= 15 is 0 Å². The van der Waals surface area contributed by atoms with Crippen LogP contribution in [0.5, 0.6) is 5.75 Å². The molecule has 31 heavy (non-hydrogen) atoms. The molecule has 0 saturated carbocycles. The zero-order valence-corrected chi connectivity index (χ0v) is 18.5. The molecule has 0 aliphatic heterocycles. The molecule has 6 nitrogen and oxygen atoms in total. The van der Waals surface area contributed by atoms with E-state index in [9.17, 15) is 14.0 Å². The Morgan fingerprint density at radius 2 is 1.77 bits per heavy atom. The second-order valence-electron chi connectivity index (χ2n) is 8.27. The summed E-state index contributed by atoms with van der Waals surface area (Å²) >= 11 is 0. The third-order valence-corrected chi connectivity index (χ3v) is 4.27. The fraction of sp³-hybridized carbons (Fsp3) is 0.417. The number of benzene rings is 2. The predicted molar refractivity (Wildman–Crippen MR) is 117 cm³/mol. The lowest BCUT2D eigenvalue weighted by Crippen LogP contribution is -2.47. The van der Waals surface area contributed by atoms with Gasteiger partial charge in [0.05, 0.1) is 0 Å². The van der Waals surface area contributed by atoms with Gasteiger partial charge in [0.1, 0.15) is 29.8 Å². The zero-order chi connectivity index (χ0) is 22.9. The molecule has 0 fully saturated rings. The number of hydrogen-bond acceptors (Lipinski definition) is 4. The first-order valence-electron chi connectivity index (χ1n) is 10.4. The van der Waals surface area contributed by atoms with Crippen molar-refractivity contribution in [2.24, 2.45) is 0 Å². The summed E-state index contributed by atoms with van der Waals surface area (Å²) in [5.74, 6) is 0.0867. The fourth-order valence-corrected chi connectivity index (χ4v) is 2.82. The maximum Gasteiger partial charge on any atom is 0.408 e. The van der Waals surface area contributed by atoms with Crippen LogP contribution in [0.1, 0.15) is 51.7 Å². The molecule has 2 N–H and O–H groups in total. The monoisotopic (exact) mass is 430 g/mol. The van der Waals surface area contributed by atoms with Crippen LogP contribution in [0.3, 0.4) is 0 Å². The lowest BCUT2D eigenvalue weighted by atomic mass is 10.1. The molecule has 2 aromatic carbocycles. The minimum atomic E-state index is -0.659. The first kappa shape index (κ1) is 24.2. The van der Waals surface area contributed by atoms with Crippen molar-refractivity contribution in [3.8, 4) is 5.75 Å². The van der Waals surface area contributed by atoms with Crippen LogP contribution in [0, 0.1) is 5.82 Å². The number of rotatable bonds is 9. The fourth-order valence-electron chi connectivity index (χ4n) is 2.82. The van der Waals surface area contributed by atoms with Crippen LogP contribution in [0.4, 0.5) is 9.18 Å². The molecule has 168 valence electrons. The number of carbonyl (C=O) groups is 2. The van der Waals surface area contributed by atoms with Gasteiger partial charge in [-0.15, -0.1) is 0 Å². The smallest absolute Gasteiger partial charge is 0.408 e. The summed E-state index contributed by atoms with van der Waals surface area (Å²) < 4.78 is 24.1. The summed E-state index contributed by atoms with van der Waals surface area (Å²) in [4.78, 5) is 24.5. The Morgan fingerprint density at radius 3 is 2.39 bits per heavy atom. The molecule has 0 aromatic heterocycles. The van der Waals surface area contributed by atoms with Crippen LogP contribution < -0.4 is 15.4 Å². The predicted octanol–water partition coefficient (Wildman–Crippen LogP) is 4.71. The van der Waals surface area contributed by atoms with Crippen LogP contribution in [0.2, 0.25) is 0 Å². The van der Waals surface area contributed by atoms with Crippen molar-refractivity contribution in [2.45, 2.75) is 65.3 Å². The summed E-state index contributed by atoms with van der Waals surface area (Å²) in [6.45, 7) is 7.84. The van der Waals surface area contributed by atoms with E-state index in [0.29, 0.717) is 18.7 Å². The molecule has 2 aromatic rings. The average Bonchev–Trinajstić information content (AvgIpc) is 2.69. The number of halogens is 1. The SMILES string of the molecule is CCC[C@H](NC(=O)OC(C)(C)C)C(=O)NCc1ccc(OCc2cccc(F)c2)cc1. The number of amides is 2. The maximum absolute atomic E-state index is 13.2. The Bertz CT molecular complexity index is 863. The van der Waals surface area contributed by atoms with E-state index in [2.05, 4.69) is 10.6 Å². The van der Waals surface area contributed by atoms with E-state index in [4.69, 9.17) is 9.47 Å². The second-order valence-corrected chi connectivity index (χ2v) is 8.27. The summed E-state index contributed by atoms with van der Waals surface area (Å²) in [5.41, 5.74) is 1.00. The van der Waals surface area contributed by atoms with Crippen LogP contribution >= 0.6 is 0 Å². The molecule has 0 heterocycles. The Kier molecular flexibility index (Phi) is 8.85. The second kappa shape index (κ2) is 11.3. The highest BCUT2D eigenvalue weighted by atomic mass is 19.1. The highest BCUT2D eigenvalue weighted by molar-refractivity contribution is 5.85. The van der Waals surface area contributed by atoms with Crippen molar-refractivity contribution in [3.05, 3.63) is 65.5 Å². The summed E-state index contributed by atoms with van der Waals surface area (Å²) in [6.07, 6.45) is 0.643. The lowest BCUT2D eigenvalue weighted by Gasteiger charge is -2.23. The molecule has 7 heteroatoms. The van der Waals surface area contributed by atoms with Gasteiger partial charge >= 0.3 is 6.09 Å². The lowest BCUT2D eigenvalue weighted by molar-refractivity contribution is -0.123. The van der Waals surface area contributed by atoms with Gasteiger partial charge in [0, 0.05) is 6.54 Å². The molecule has 0 bridgehead atoms. The molecule has 0 radical (unpaired) electrons. The van der Waals surface area contributed by atoms with Gasteiger partial charge in [-0.1, -0.05) is 37.6 Å². The quantitative estimate of drug-likeness (QED) is 0.604. The molecule has 0 saturated heterocycles. The van der Waals surface area contributed by atoms with E-state index in [-0.39, 0.29) is 18.3 Å². The van der Waals surface area contributed by atoms with E-state index in [0.717, 1.165) is 17.5 Å². The van der Waals surface area contributed by atoms with Crippen LogP contribution in [0.15, 0.2) is 48.5 Å². The first-order chi connectivity index (χ1) is 14.7. The maximum atomic E-state index is 13.2. The van der Waals surface area contributed by atoms with Crippen LogP contribution in [0.25, 0.3) is 0 Å². The summed E-state index contributed by atoms with van der Waals surface area (Å²) in [7, 11) is 0. The van der Waals surface area contributed by atoms with Crippen molar-refractivity contribution in [2.75, 3.05) is 0 Å². The highest BCUT2D eigenvalue weighted by Gasteiger charge is 2.23. The Hall–Kier alpha value is -3.09. The van der Waals surface area contributed by atoms with Gasteiger partial charge in [-0.3, -0.25) is 4.79 Å². The van der Waals surface area contributed by atoms with E-state index in [1.807, 2.05) is 19.1 Å². The summed E-state index contributed by atoms with van der Waals surface area (Å²) in [5, 5.41) is 5.48. The van der Waals surface area contributed by atoms with Crippen molar-refractivity contribution < 1.29 is 23.5 Å². The van der Waals surface area contributed by atoms with Crippen LogP contribution in [-0.2, 0) is 22.7 Å². The van der Waals surface area contributed by atoms with Crippen LogP contribution in [-0.4, -0.2) is 23.6 Å². The third kappa shape index (κ3) is 9.07. The largest absolute Gasteiger partial charge is 0.489 e. The van der Waals surface area contributed by atoms with E-state index < -0.39 is 17.7 Å². The molecule has 0 unspecified atom stereocenters. The van der Waals surface area contributed by atoms with Gasteiger partial charge in [0.25, 0.3) is 0 Å². The molecule has 2 amide bonds. The number of hydrogen-bond donors (Lipinski definition) is 2. The van der Waals surface area contributed by atoms with Crippen molar-refractivity contribution in [3.63, 3.8) is 0 Å². The Balaban J connectivity index is 1.84. The number of nitrogens with one attached hydrogen (secondary N) is 2.